The molecule has 0 aliphatic rings. The number of alkyl carbamates (subject to hydrolysis) is 1. The molecule has 0 radical (unpaired) electrons. The van der Waals surface area contributed by atoms with E-state index >= 15 is 0 Å². The molecule has 1 aromatic heterocycles. The lowest BCUT2D eigenvalue weighted by molar-refractivity contribution is 0.141. The Hall–Kier alpha value is -3.34. The Balaban J connectivity index is 1.49. The van der Waals surface area contributed by atoms with Crippen LogP contribution in [0, 0.1) is 0 Å². The molecule has 5 nitrogen and oxygen atoms in total. The molecule has 0 spiro atoms. The molecule has 0 unspecified atom stereocenters. The smallest absolute Gasteiger partial charge is 0.407 e. The second kappa shape index (κ2) is 8.67. The van der Waals surface area contributed by atoms with Gasteiger partial charge in [-0.05, 0) is 29.3 Å². The Morgan fingerprint density at radius 3 is 2.77 bits per heavy atom. The minimum absolute atomic E-state index is 0.261. The van der Waals surface area contributed by atoms with Crippen LogP contribution in [0.25, 0.3) is 17.0 Å². The minimum Gasteiger partial charge on any atom is -0.481 e. The normalized spacial score (nSPS) is 10.8. The number of aromatic nitrogens is 1. The standard InChI is InChI=1S/C21H20N2O3/c1-25-20-12-10-18-14-16(9-11-19(18)23-20)8-5-13-22-21(24)26-15-17-6-3-2-4-7-17/h2-12,14H,13,15H2,1H3,(H,22,24). The molecule has 2 aromatic carbocycles. The van der Waals surface area contributed by atoms with Crippen molar-refractivity contribution in [1.82, 2.24) is 10.3 Å². The molecule has 0 saturated heterocycles. The number of nitrogens with zero attached hydrogens (tertiary/aromatic N) is 1. The molecule has 0 saturated carbocycles. The molecule has 3 aromatic rings. The molecule has 3 rings (SSSR count). The fourth-order valence-electron chi connectivity index (χ4n) is 2.45. The number of fused-ring (bicyclic) bond motifs is 1. The van der Waals surface area contributed by atoms with Crippen LogP contribution in [0.4, 0.5) is 4.79 Å². The number of carbonyl (C=O) groups excluding carboxylic acids is 1. The summed E-state index contributed by atoms with van der Waals surface area (Å²) in [5.74, 6) is 0.596. The summed E-state index contributed by atoms with van der Waals surface area (Å²) < 4.78 is 10.3. The lowest BCUT2D eigenvalue weighted by atomic mass is 10.1. The summed E-state index contributed by atoms with van der Waals surface area (Å²) >= 11 is 0. The van der Waals surface area contributed by atoms with E-state index in [0.717, 1.165) is 22.0 Å². The topological polar surface area (TPSA) is 60.5 Å². The summed E-state index contributed by atoms with van der Waals surface area (Å²) in [4.78, 5) is 16.1. The Kier molecular flexibility index (Phi) is 5.83. The summed E-state index contributed by atoms with van der Waals surface area (Å²) in [7, 11) is 1.60. The van der Waals surface area contributed by atoms with Gasteiger partial charge >= 0.3 is 6.09 Å². The van der Waals surface area contributed by atoms with Crippen molar-refractivity contribution in [2.75, 3.05) is 13.7 Å². The van der Waals surface area contributed by atoms with Crippen molar-refractivity contribution in [2.45, 2.75) is 6.61 Å². The third-order valence-electron chi connectivity index (χ3n) is 3.78. The van der Waals surface area contributed by atoms with Gasteiger partial charge in [-0.1, -0.05) is 48.6 Å². The van der Waals surface area contributed by atoms with Gasteiger partial charge in [-0.25, -0.2) is 9.78 Å². The zero-order chi connectivity index (χ0) is 18.2. The first-order valence-electron chi connectivity index (χ1n) is 8.30. The van der Waals surface area contributed by atoms with Crippen LogP contribution in [0.1, 0.15) is 11.1 Å². The molecule has 132 valence electrons. The maximum absolute atomic E-state index is 11.7. The first-order valence-corrected chi connectivity index (χ1v) is 8.30. The number of benzene rings is 2. The van der Waals surface area contributed by atoms with E-state index in [1.165, 1.54) is 0 Å². The largest absolute Gasteiger partial charge is 0.481 e. The van der Waals surface area contributed by atoms with Crippen LogP contribution in [0.5, 0.6) is 5.88 Å². The van der Waals surface area contributed by atoms with Gasteiger partial charge in [-0.2, -0.15) is 0 Å². The number of hydrogen-bond donors (Lipinski definition) is 1. The number of methoxy groups -OCH3 is 1. The Labute approximate surface area is 152 Å². The molecular weight excluding hydrogens is 328 g/mol. The van der Waals surface area contributed by atoms with E-state index in [1.54, 1.807) is 7.11 Å². The predicted octanol–water partition coefficient (Wildman–Crippen LogP) is 4.18. The van der Waals surface area contributed by atoms with Crippen molar-refractivity contribution in [3.05, 3.63) is 77.9 Å². The highest BCUT2D eigenvalue weighted by Crippen LogP contribution is 2.18. The number of ether oxygens (including phenoxy) is 2. The fraction of sp³-hybridized carbons (Fsp3) is 0.143. The summed E-state index contributed by atoms with van der Waals surface area (Å²) in [6.07, 6.45) is 3.39. The number of amides is 1. The SMILES string of the molecule is COc1ccc2cc(C=CCNC(=O)OCc3ccccc3)ccc2n1. The summed E-state index contributed by atoms with van der Waals surface area (Å²) in [5.41, 5.74) is 2.87. The van der Waals surface area contributed by atoms with Crippen LogP contribution in [-0.2, 0) is 11.3 Å². The minimum atomic E-state index is -0.437. The number of pyridine rings is 1. The Morgan fingerprint density at radius 2 is 1.96 bits per heavy atom. The van der Waals surface area contributed by atoms with Gasteiger partial charge in [-0.3, -0.25) is 0 Å². The second-order valence-electron chi connectivity index (χ2n) is 5.65. The maximum atomic E-state index is 11.7. The monoisotopic (exact) mass is 348 g/mol. The average Bonchev–Trinajstić information content (AvgIpc) is 2.70. The van der Waals surface area contributed by atoms with E-state index in [-0.39, 0.29) is 6.61 Å². The van der Waals surface area contributed by atoms with Gasteiger partial charge in [0.15, 0.2) is 0 Å². The third-order valence-corrected chi connectivity index (χ3v) is 3.78. The van der Waals surface area contributed by atoms with Crippen LogP contribution in [0.15, 0.2) is 66.7 Å². The number of carbonyl (C=O) groups is 1. The predicted molar refractivity (Wildman–Crippen MR) is 102 cm³/mol. The van der Waals surface area contributed by atoms with Crippen LogP contribution in [0.2, 0.25) is 0 Å². The van der Waals surface area contributed by atoms with Crippen molar-refractivity contribution < 1.29 is 14.3 Å². The quantitative estimate of drug-likeness (QED) is 0.726. The summed E-state index contributed by atoms with van der Waals surface area (Å²) in [6, 6.07) is 19.3. The van der Waals surface area contributed by atoms with Crippen molar-refractivity contribution in [2.24, 2.45) is 0 Å². The molecule has 0 bridgehead atoms. The van der Waals surface area contributed by atoms with Crippen LogP contribution < -0.4 is 10.1 Å². The number of hydrogen-bond acceptors (Lipinski definition) is 4. The highest BCUT2D eigenvalue weighted by atomic mass is 16.5. The summed E-state index contributed by atoms with van der Waals surface area (Å²) in [6.45, 7) is 0.657. The molecule has 5 heteroatoms. The van der Waals surface area contributed by atoms with Crippen molar-refractivity contribution >= 4 is 23.1 Å². The Bertz CT molecular complexity index is 908. The van der Waals surface area contributed by atoms with E-state index in [2.05, 4.69) is 10.3 Å². The lowest BCUT2D eigenvalue weighted by Crippen LogP contribution is -2.24. The molecule has 0 atom stereocenters. The summed E-state index contributed by atoms with van der Waals surface area (Å²) in [5, 5.41) is 3.73. The lowest BCUT2D eigenvalue weighted by Gasteiger charge is -2.05. The van der Waals surface area contributed by atoms with Gasteiger partial charge in [0.25, 0.3) is 0 Å². The van der Waals surface area contributed by atoms with Gasteiger partial charge in [-0.15, -0.1) is 0 Å². The van der Waals surface area contributed by atoms with Gasteiger partial charge < -0.3 is 14.8 Å². The molecular formula is C21H20N2O3. The van der Waals surface area contributed by atoms with Crippen molar-refractivity contribution in [3.63, 3.8) is 0 Å². The van der Waals surface area contributed by atoms with E-state index < -0.39 is 6.09 Å². The van der Waals surface area contributed by atoms with Crippen molar-refractivity contribution in [3.8, 4) is 5.88 Å². The first-order chi connectivity index (χ1) is 12.7. The first kappa shape index (κ1) is 17.5. The molecule has 0 aliphatic carbocycles. The molecule has 1 heterocycles. The van der Waals surface area contributed by atoms with E-state index in [0.29, 0.717) is 12.4 Å². The molecule has 0 aliphatic heterocycles. The molecule has 0 fully saturated rings. The van der Waals surface area contributed by atoms with E-state index in [9.17, 15) is 4.79 Å². The van der Waals surface area contributed by atoms with Gasteiger partial charge in [0.05, 0.1) is 12.6 Å². The van der Waals surface area contributed by atoms with Crippen LogP contribution >= 0.6 is 0 Å². The molecule has 26 heavy (non-hydrogen) atoms. The van der Waals surface area contributed by atoms with Gasteiger partial charge in [0, 0.05) is 18.0 Å². The van der Waals surface area contributed by atoms with E-state index in [1.807, 2.05) is 72.8 Å². The zero-order valence-corrected chi connectivity index (χ0v) is 14.5. The molecule has 1 amide bonds. The van der Waals surface area contributed by atoms with E-state index in [4.69, 9.17) is 9.47 Å². The maximum Gasteiger partial charge on any atom is 0.407 e. The molecule has 1 N–H and O–H groups in total. The van der Waals surface area contributed by atoms with Crippen LogP contribution in [-0.4, -0.2) is 24.7 Å². The number of nitrogens with one attached hydrogen (secondary N) is 1. The van der Waals surface area contributed by atoms with Crippen LogP contribution in [0.3, 0.4) is 0 Å². The fourth-order valence-corrected chi connectivity index (χ4v) is 2.45. The van der Waals surface area contributed by atoms with Crippen molar-refractivity contribution in [1.29, 1.82) is 0 Å². The zero-order valence-electron chi connectivity index (χ0n) is 14.5. The Morgan fingerprint density at radius 1 is 1.12 bits per heavy atom. The second-order valence-corrected chi connectivity index (χ2v) is 5.65. The highest BCUT2D eigenvalue weighted by Gasteiger charge is 2.01. The average molecular weight is 348 g/mol. The number of rotatable bonds is 6. The van der Waals surface area contributed by atoms with Gasteiger partial charge in [0.1, 0.15) is 6.61 Å². The third kappa shape index (κ3) is 4.83. The highest BCUT2D eigenvalue weighted by molar-refractivity contribution is 5.81. The van der Waals surface area contributed by atoms with Gasteiger partial charge in [0.2, 0.25) is 5.88 Å².